The first-order chi connectivity index (χ1) is 14.7. The van der Waals surface area contributed by atoms with Gasteiger partial charge >= 0.3 is 18.3 Å². The molecule has 0 aliphatic carbocycles. The molecule has 9 heteroatoms. The highest BCUT2D eigenvalue weighted by atomic mass is 16.6. The largest absolute Gasteiger partial charge is 0.445 e. The molecule has 2 rings (SSSR count). The second kappa shape index (κ2) is 11.1. The average molecular weight is 431 g/mol. The SMILES string of the molecule is C=CCOC(=O)NN(C[C@H]1C=CCN1C(=O)OCc1ccccc1)C(=O)OC(C)(C)C. The highest BCUT2D eigenvalue weighted by Gasteiger charge is 2.32. The van der Waals surface area contributed by atoms with Crippen molar-refractivity contribution in [3.63, 3.8) is 0 Å². The van der Waals surface area contributed by atoms with Gasteiger partial charge in [0.25, 0.3) is 0 Å². The van der Waals surface area contributed by atoms with E-state index >= 15 is 0 Å². The fraction of sp³-hybridized carbons (Fsp3) is 0.409. The molecule has 9 nitrogen and oxygen atoms in total. The van der Waals surface area contributed by atoms with Gasteiger partial charge in [-0.25, -0.2) is 24.8 Å². The molecule has 1 aliphatic heterocycles. The third-order valence-electron chi connectivity index (χ3n) is 4.04. The molecule has 1 aromatic rings. The van der Waals surface area contributed by atoms with Crippen molar-refractivity contribution in [3.8, 4) is 0 Å². The summed E-state index contributed by atoms with van der Waals surface area (Å²) in [5.41, 5.74) is 2.44. The maximum absolute atomic E-state index is 12.6. The van der Waals surface area contributed by atoms with E-state index in [1.165, 1.54) is 11.0 Å². The molecule has 1 N–H and O–H groups in total. The topological polar surface area (TPSA) is 97.4 Å². The van der Waals surface area contributed by atoms with Crippen LogP contribution in [0.3, 0.4) is 0 Å². The minimum absolute atomic E-state index is 0.0186. The zero-order chi connectivity index (χ0) is 22.9. The summed E-state index contributed by atoms with van der Waals surface area (Å²) in [7, 11) is 0. The number of benzene rings is 1. The molecular weight excluding hydrogens is 402 g/mol. The molecule has 0 aromatic heterocycles. The van der Waals surface area contributed by atoms with E-state index in [-0.39, 0.29) is 19.8 Å². The highest BCUT2D eigenvalue weighted by molar-refractivity contribution is 5.74. The van der Waals surface area contributed by atoms with Gasteiger partial charge < -0.3 is 14.2 Å². The number of hydrazine groups is 1. The quantitative estimate of drug-likeness (QED) is 0.420. The van der Waals surface area contributed by atoms with Crippen LogP contribution in [-0.4, -0.2) is 59.5 Å². The van der Waals surface area contributed by atoms with Crippen molar-refractivity contribution in [2.24, 2.45) is 0 Å². The first kappa shape index (κ1) is 23.8. The Balaban J connectivity index is 2.03. The summed E-state index contributed by atoms with van der Waals surface area (Å²) >= 11 is 0. The van der Waals surface area contributed by atoms with Gasteiger partial charge in [0.2, 0.25) is 0 Å². The second-order valence-electron chi connectivity index (χ2n) is 7.78. The van der Waals surface area contributed by atoms with Crippen LogP contribution in [0, 0.1) is 0 Å². The maximum atomic E-state index is 12.6. The molecule has 1 atom stereocenters. The molecule has 1 aromatic carbocycles. The van der Waals surface area contributed by atoms with Gasteiger partial charge in [-0.15, -0.1) is 0 Å². The smallest absolute Gasteiger partial charge is 0.429 e. The van der Waals surface area contributed by atoms with Crippen molar-refractivity contribution in [1.29, 1.82) is 0 Å². The van der Waals surface area contributed by atoms with Crippen LogP contribution in [0.5, 0.6) is 0 Å². The van der Waals surface area contributed by atoms with Gasteiger partial charge in [0, 0.05) is 6.54 Å². The number of hydrogen-bond donors (Lipinski definition) is 1. The summed E-state index contributed by atoms with van der Waals surface area (Å²) in [6, 6.07) is 8.80. The Morgan fingerprint density at radius 1 is 1.23 bits per heavy atom. The van der Waals surface area contributed by atoms with Crippen LogP contribution in [0.4, 0.5) is 14.4 Å². The molecule has 0 fully saturated rings. The molecule has 1 aliphatic rings. The first-order valence-electron chi connectivity index (χ1n) is 9.88. The average Bonchev–Trinajstić information content (AvgIpc) is 3.17. The van der Waals surface area contributed by atoms with E-state index in [9.17, 15) is 14.4 Å². The number of nitrogens with zero attached hydrogens (tertiary/aromatic N) is 2. The number of ether oxygens (including phenoxy) is 3. The molecule has 1 heterocycles. The van der Waals surface area contributed by atoms with Crippen LogP contribution >= 0.6 is 0 Å². The van der Waals surface area contributed by atoms with E-state index in [0.717, 1.165) is 10.6 Å². The van der Waals surface area contributed by atoms with Crippen molar-refractivity contribution in [3.05, 3.63) is 60.7 Å². The predicted molar refractivity (Wildman–Crippen MR) is 114 cm³/mol. The van der Waals surface area contributed by atoms with Crippen LogP contribution in [0.1, 0.15) is 26.3 Å². The Bertz CT molecular complexity index is 803. The monoisotopic (exact) mass is 431 g/mol. The van der Waals surface area contributed by atoms with Crippen LogP contribution in [0.2, 0.25) is 0 Å². The number of amides is 3. The van der Waals surface area contributed by atoms with Gasteiger partial charge in [0.15, 0.2) is 0 Å². The van der Waals surface area contributed by atoms with Crippen molar-refractivity contribution >= 4 is 18.3 Å². The Morgan fingerprint density at radius 2 is 1.94 bits per heavy atom. The summed E-state index contributed by atoms with van der Waals surface area (Å²) in [6.45, 7) is 8.99. The lowest BCUT2D eigenvalue weighted by Crippen LogP contribution is -2.54. The van der Waals surface area contributed by atoms with Crippen LogP contribution in [0.25, 0.3) is 0 Å². The molecule has 0 unspecified atom stereocenters. The highest BCUT2D eigenvalue weighted by Crippen LogP contribution is 2.16. The van der Waals surface area contributed by atoms with Gasteiger partial charge in [-0.1, -0.05) is 55.1 Å². The van der Waals surface area contributed by atoms with Crippen molar-refractivity contribution < 1.29 is 28.6 Å². The molecule has 0 bridgehead atoms. The fourth-order valence-electron chi connectivity index (χ4n) is 2.69. The van der Waals surface area contributed by atoms with Gasteiger partial charge in [0.05, 0.1) is 12.6 Å². The third-order valence-corrected chi connectivity index (χ3v) is 4.04. The van der Waals surface area contributed by atoms with Crippen molar-refractivity contribution in [1.82, 2.24) is 15.3 Å². The maximum Gasteiger partial charge on any atom is 0.429 e. The van der Waals surface area contributed by atoms with Crippen LogP contribution in [-0.2, 0) is 20.8 Å². The van der Waals surface area contributed by atoms with Crippen LogP contribution < -0.4 is 5.43 Å². The van der Waals surface area contributed by atoms with E-state index in [1.54, 1.807) is 32.9 Å². The van der Waals surface area contributed by atoms with E-state index in [0.29, 0.717) is 6.54 Å². The predicted octanol–water partition coefficient (Wildman–Crippen LogP) is 3.63. The summed E-state index contributed by atoms with van der Waals surface area (Å²) in [6.07, 6.45) is 2.81. The number of carbonyl (C=O) groups is 3. The minimum Gasteiger partial charge on any atom is -0.445 e. The summed E-state index contributed by atoms with van der Waals surface area (Å²) in [4.78, 5) is 38.6. The molecule has 0 radical (unpaired) electrons. The van der Waals surface area contributed by atoms with Gasteiger partial charge in [-0.3, -0.25) is 4.90 Å². The number of carbonyl (C=O) groups excluding carboxylic acids is 3. The van der Waals surface area contributed by atoms with Crippen molar-refractivity contribution in [2.45, 2.75) is 39.0 Å². The van der Waals surface area contributed by atoms with E-state index < -0.39 is 29.9 Å². The molecule has 0 spiro atoms. The zero-order valence-electron chi connectivity index (χ0n) is 18.1. The normalized spacial score (nSPS) is 15.2. The second-order valence-corrected chi connectivity index (χ2v) is 7.78. The molecule has 31 heavy (non-hydrogen) atoms. The fourth-order valence-corrected chi connectivity index (χ4v) is 2.69. The number of hydrogen-bond acceptors (Lipinski definition) is 6. The Kier molecular flexibility index (Phi) is 8.48. The van der Waals surface area contributed by atoms with Gasteiger partial charge in [-0.2, -0.15) is 0 Å². The molecule has 168 valence electrons. The Hall–Kier alpha value is -3.49. The summed E-state index contributed by atoms with van der Waals surface area (Å²) < 4.78 is 15.6. The summed E-state index contributed by atoms with van der Waals surface area (Å²) in [5, 5.41) is 0.981. The zero-order valence-corrected chi connectivity index (χ0v) is 18.1. The molecular formula is C22H29N3O6. The lowest BCUT2D eigenvalue weighted by Gasteiger charge is -2.31. The Morgan fingerprint density at radius 3 is 2.58 bits per heavy atom. The lowest BCUT2D eigenvalue weighted by atomic mass is 10.2. The van der Waals surface area contributed by atoms with Gasteiger partial charge in [0.1, 0.15) is 18.8 Å². The van der Waals surface area contributed by atoms with E-state index in [1.807, 2.05) is 30.3 Å². The lowest BCUT2D eigenvalue weighted by molar-refractivity contribution is 0.00774. The molecule has 3 amide bonds. The Labute approximate surface area is 182 Å². The minimum atomic E-state index is -0.842. The van der Waals surface area contributed by atoms with Crippen molar-refractivity contribution in [2.75, 3.05) is 19.7 Å². The number of nitrogens with one attached hydrogen (secondary N) is 1. The standard InChI is InChI=1S/C22H29N3O6/c1-5-14-29-19(26)23-25(21(28)31-22(2,3)4)15-18-12-9-13-24(18)20(27)30-16-17-10-7-6-8-11-17/h5-12,18H,1,13-16H2,2-4H3,(H,23,26)/t18-/m1/s1. The third kappa shape index (κ3) is 8.04. The van der Waals surface area contributed by atoms with Crippen LogP contribution in [0.15, 0.2) is 55.1 Å². The summed E-state index contributed by atoms with van der Waals surface area (Å²) in [5.74, 6) is 0. The number of rotatable bonds is 6. The molecule has 0 saturated carbocycles. The van der Waals surface area contributed by atoms with E-state index in [2.05, 4.69) is 12.0 Å². The molecule has 0 saturated heterocycles. The van der Waals surface area contributed by atoms with E-state index in [4.69, 9.17) is 14.2 Å². The first-order valence-corrected chi connectivity index (χ1v) is 9.88. The van der Waals surface area contributed by atoms with Gasteiger partial charge in [-0.05, 0) is 26.3 Å².